The summed E-state index contributed by atoms with van der Waals surface area (Å²) in [5, 5.41) is 3.47. The van der Waals surface area contributed by atoms with Gasteiger partial charge in [0.2, 0.25) is 0 Å². The number of pyridine rings is 1. The number of rotatable bonds is 9. The van der Waals surface area contributed by atoms with Crippen molar-refractivity contribution in [2.45, 2.75) is 40.7 Å². The maximum absolute atomic E-state index is 5.43. The zero-order chi connectivity index (χ0) is 15.0. The first-order valence-corrected chi connectivity index (χ1v) is 7.56. The molecule has 0 aromatic carbocycles. The van der Waals surface area contributed by atoms with E-state index in [0.717, 1.165) is 55.3 Å². The first-order chi connectivity index (χ1) is 9.63. The lowest BCUT2D eigenvalue weighted by atomic mass is 10.1. The third kappa shape index (κ3) is 4.76. The van der Waals surface area contributed by atoms with Gasteiger partial charge in [-0.1, -0.05) is 13.8 Å². The van der Waals surface area contributed by atoms with Crippen LogP contribution in [0.25, 0.3) is 0 Å². The molecule has 0 bridgehead atoms. The van der Waals surface area contributed by atoms with E-state index in [9.17, 15) is 0 Å². The molecule has 1 aromatic rings. The highest BCUT2D eigenvalue weighted by Crippen LogP contribution is 2.23. The summed E-state index contributed by atoms with van der Waals surface area (Å²) in [5.74, 6) is 0.958. The first kappa shape index (κ1) is 16.9. The lowest BCUT2D eigenvalue weighted by Gasteiger charge is -2.18. The van der Waals surface area contributed by atoms with Crippen LogP contribution in [0.15, 0.2) is 6.20 Å². The summed E-state index contributed by atoms with van der Waals surface area (Å²) in [6.45, 7) is 13.8. The lowest BCUT2D eigenvalue weighted by molar-refractivity contribution is 0.298. The molecular weight excluding hydrogens is 250 g/mol. The molecule has 1 rings (SSSR count). The Kier molecular flexibility index (Phi) is 7.55. The molecule has 0 fully saturated rings. The minimum Gasteiger partial charge on any atom is -0.496 e. The van der Waals surface area contributed by atoms with Crippen LogP contribution in [0.1, 0.15) is 37.1 Å². The number of aromatic nitrogens is 1. The predicted molar refractivity (Wildman–Crippen MR) is 84.4 cm³/mol. The highest BCUT2D eigenvalue weighted by atomic mass is 16.5. The van der Waals surface area contributed by atoms with E-state index in [4.69, 9.17) is 4.74 Å². The van der Waals surface area contributed by atoms with Crippen molar-refractivity contribution in [3.63, 3.8) is 0 Å². The second-order valence-corrected chi connectivity index (χ2v) is 5.10. The van der Waals surface area contributed by atoms with Crippen LogP contribution in [0, 0.1) is 13.8 Å². The monoisotopic (exact) mass is 279 g/mol. The van der Waals surface area contributed by atoms with Gasteiger partial charge in [0.1, 0.15) is 5.75 Å². The van der Waals surface area contributed by atoms with Crippen molar-refractivity contribution < 1.29 is 4.74 Å². The van der Waals surface area contributed by atoms with Crippen LogP contribution < -0.4 is 10.1 Å². The quantitative estimate of drug-likeness (QED) is 0.705. The van der Waals surface area contributed by atoms with E-state index >= 15 is 0 Å². The summed E-state index contributed by atoms with van der Waals surface area (Å²) in [4.78, 5) is 6.94. The van der Waals surface area contributed by atoms with E-state index in [2.05, 4.69) is 36.0 Å². The standard InChI is InChI=1S/C16H29N3O/c1-6-19(7-2)10-8-9-17-12-15-14(4)16(20-5)13(3)11-18-15/h11,17H,6-10,12H2,1-5H3. The Morgan fingerprint density at radius 1 is 1.25 bits per heavy atom. The molecule has 0 aliphatic rings. The maximum atomic E-state index is 5.43. The van der Waals surface area contributed by atoms with Crippen molar-refractivity contribution in [3.05, 3.63) is 23.0 Å². The highest BCUT2D eigenvalue weighted by Gasteiger charge is 2.08. The summed E-state index contributed by atoms with van der Waals surface area (Å²) in [5.41, 5.74) is 3.31. The molecule has 0 saturated carbocycles. The molecule has 4 heteroatoms. The van der Waals surface area contributed by atoms with Gasteiger partial charge in [-0.3, -0.25) is 4.98 Å². The fourth-order valence-corrected chi connectivity index (χ4v) is 2.42. The molecule has 0 unspecified atom stereocenters. The van der Waals surface area contributed by atoms with Crippen molar-refractivity contribution in [2.24, 2.45) is 0 Å². The van der Waals surface area contributed by atoms with Crippen LogP contribution in [0.4, 0.5) is 0 Å². The van der Waals surface area contributed by atoms with Gasteiger partial charge >= 0.3 is 0 Å². The van der Waals surface area contributed by atoms with Crippen LogP contribution in [0.5, 0.6) is 5.75 Å². The average molecular weight is 279 g/mol. The van der Waals surface area contributed by atoms with Crippen LogP contribution in [0.2, 0.25) is 0 Å². The van der Waals surface area contributed by atoms with Crippen LogP contribution >= 0.6 is 0 Å². The summed E-state index contributed by atoms with van der Waals surface area (Å²) in [7, 11) is 1.72. The molecule has 20 heavy (non-hydrogen) atoms. The molecule has 0 spiro atoms. The van der Waals surface area contributed by atoms with Crippen LogP contribution in [0.3, 0.4) is 0 Å². The average Bonchev–Trinajstić information content (AvgIpc) is 2.45. The fourth-order valence-electron chi connectivity index (χ4n) is 2.42. The summed E-state index contributed by atoms with van der Waals surface area (Å²) >= 11 is 0. The van der Waals surface area contributed by atoms with Gasteiger partial charge in [0.15, 0.2) is 0 Å². The third-order valence-corrected chi connectivity index (χ3v) is 3.76. The SMILES string of the molecule is CCN(CC)CCCNCc1ncc(C)c(OC)c1C. The van der Waals surface area contributed by atoms with Crippen molar-refractivity contribution in [1.82, 2.24) is 15.2 Å². The topological polar surface area (TPSA) is 37.4 Å². The number of methoxy groups -OCH3 is 1. The zero-order valence-electron chi connectivity index (χ0n) is 13.6. The molecule has 0 saturated heterocycles. The second kappa shape index (κ2) is 8.93. The Morgan fingerprint density at radius 2 is 1.95 bits per heavy atom. The highest BCUT2D eigenvalue weighted by molar-refractivity contribution is 5.40. The molecule has 0 radical (unpaired) electrons. The molecule has 1 heterocycles. The Bertz CT molecular complexity index is 403. The molecule has 1 aromatic heterocycles. The van der Waals surface area contributed by atoms with Gasteiger partial charge in [0.05, 0.1) is 12.8 Å². The first-order valence-electron chi connectivity index (χ1n) is 7.56. The van der Waals surface area contributed by atoms with E-state index in [-0.39, 0.29) is 0 Å². The van der Waals surface area contributed by atoms with E-state index in [0.29, 0.717) is 0 Å². The largest absolute Gasteiger partial charge is 0.496 e. The lowest BCUT2D eigenvalue weighted by Crippen LogP contribution is -2.27. The normalized spacial score (nSPS) is 11.1. The molecule has 0 atom stereocenters. The van der Waals surface area contributed by atoms with Gasteiger partial charge in [-0.05, 0) is 46.4 Å². The minimum atomic E-state index is 0.806. The van der Waals surface area contributed by atoms with Gasteiger partial charge in [0, 0.05) is 23.9 Å². The van der Waals surface area contributed by atoms with E-state index in [1.54, 1.807) is 7.11 Å². The molecule has 114 valence electrons. The Labute approximate surface area is 123 Å². The van der Waals surface area contributed by atoms with E-state index in [1.165, 1.54) is 6.42 Å². The molecule has 0 aliphatic carbocycles. The number of aryl methyl sites for hydroxylation is 1. The van der Waals surface area contributed by atoms with E-state index in [1.807, 2.05) is 13.1 Å². The Hall–Kier alpha value is -1.13. The second-order valence-electron chi connectivity index (χ2n) is 5.10. The van der Waals surface area contributed by atoms with Gasteiger partial charge in [0.25, 0.3) is 0 Å². The van der Waals surface area contributed by atoms with Crippen molar-refractivity contribution in [2.75, 3.05) is 33.3 Å². The summed E-state index contributed by atoms with van der Waals surface area (Å²) in [6.07, 6.45) is 3.06. The summed E-state index contributed by atoms with van der Waals surface area (Å²) < 4.78 is 5.43. The fraction of sp³-hybridized carbons (Fsp3) is 0.688. The maximum Gasteiger partial charge on any atom is 0.128 e. The number of hydrogen-bond donors (Lipinski definition) is 1. The van der Waals surface area contributed by atoms with Crippen LogP contribution in [-0.2, 0) is 6.54 Å². The number of nitrogens with one attached hydrogen (secondary N) is 1. The summed E-state index contributed by atoms with van der Waals surface area (Å²) in [6, 6.07) is 0. The Balaban J connectivity index is 2.39. The van der Waals surface area contributed by atoms with Crippen LogP contribution in [-0.4, -0.2) is 43.2 Å². The number of ether oxygens (including phenoxy) is 1. The predicted octanol–water partition coefficient (Wildman–Crippen LogP) is 2.53. The Morgan fingerprint density at radius 3 is 2.55 bits per heavy atom. The van der Waals surface area contributed by atoms with Crippen molar-refractivity contribution >= 4 is 0 Å². The molecule has 0 amide bonds. The van der Waals surface area contributed by atoms with Gasteiger partial charge in [-0.2, -0.15) is 0 Å². The van der Waals surface area contributed by atoms with Gasteiger partial charge in [-0.25, -0.2) is 0 Å². The molecule has 4 nitrogen and oxygen atoms in total. The molecular formula is C16H29N3O. The smallest absolute Gasteiger partial charge is 0.128 e. The zero-order valence-corrected chi connectivity index (χ0v) is 13.6. The van der Waals surface area contributed by atoms with Gasteiger partial charge < -0.3 is 15.0 Å². The van der Waals surface area contributed by atoms with Crippen molar-refractivity contribution in [3.8, 4) is 5.75 Å². The third-order valence-electron chi connectivity index (χ3n) is 3.76. The number of hydrogen-bond acceptors (Lipinski definition) is 4. The van der Waals surface area contributed by atoms with Gasteiger partial charge in [-0.15, -0.1) is 0 Å². The van der Waals surface area contributed by atoms with Crippen molar-refractivity contribution in [1.29, 1.82) is 0 Å². The molecule has 0 aliphatic heterocycles. The van der Waals surface area contributed by atoms with E-state index < -0.39 is 0 Å². The molecule has 1 N–H and O–H groups in total. The number of nitrogens with zero attached hydrogens (tertiary/aromatic N) is 2. The minimum absolute atomic E-state index is 0.806.